The van der Waals surface area contributed by atoms with Gasteiger partial charge < -0.3 is 4.90 Å². The smallest absolute Gasteiger partial charge is 0.175 e. The van der Waals surface area contributed by atoms with E-state index in [2.05, 4.69) is 4.90 Å². The number of rotatable bonds is 1. The van der Waals surface area contributed by atoms with Crippen molar-refractivity contribution in [1.29, 1.82) is 0 Å². The van der Waals surface area contributed by atoms with Gasteiger partial charge in [0.1, 0.15) is 0 Å². The fourth-order valence-corrected chi connectivity index (χ4v) is 1.71. The molecule has 0 saturated heterocycles. The number of hydrogen-bond donors (Lipinski definition) is 0. The van der Waals surface area contributed by atoms with Crippen molar-refractivity contribution in [3.05, 3.63) is 11.3 Å². The second-order valence-electron chi connectivity index (χ2n) is 3.21. The van der Waals surface area contributed by atoms with E-state index in [-0.39, 0.29) is 5.78 Å². The highest BCUT2D eigenvalue weighted by atomic mass is 16.1. The lowest BCUT2D eigenvalue weighted by Gasteiger charge is -2.27. The zero-order chi connectivity index (χ0) is 8.43. The first-order chi connectivity index (χ1) is 5.13. The van der Waals surface area contributed by atoms with Crippen molar-refractivity contribution >= 4 is 5.78 Å². The molecule has 2 heteroatoms. The standard InChI is InChI=1S/C9H15NO/c1-7-5-4-6-10(3)9(7)8(2)11/h4-6H2,1-3H3. The maximum Gasteiger partial charge on any atom is 0.175 e. The van der Waals surface area contributed by atoms with Gasteiger partial charge in [0.05, 0.1) is 5.70 Å². The van der Waals surface area contributed by atoms with Crippen molar-refractivity contribution in [2.75, 3.05) is 13.6 Å². The van der Waals surface area contributed by atoms with Gasteiger partial charge in [0.25, 0.3) is 0 Å². The van der Waals surface area contributed by atoms with Gasteiger partial charge in [-0.05, 0) is 25.3 Å². The number of likely N-dealkylation sites (N-methyl/N-ethyl adjacent to an activating group) is 1. The van der Waals surface area contributed by atoms with Crippen LogP contribution in [0, 0.1) is 0 Å². The summed E-state index contributed by atoms with van der Waals surface area (Å²) < 4.78 is 0. The van der Waals surface area contributed by atoms with E-state index >= 15 is 0 Å². The molecule has 0 amide bonds. The molecule has 0 bridgehead atoms. The maximum absolute atomic E-state index is 11.1. The van der Waals surface area contributed by atoms with E-state index in [1.54, 1.807) is 6.92 Å². The molecule has 1 aliphatic heterocycles. The van der Waals surface area contributed by atoms with Crippen LogP contribution in [0.5, 0.6) is 0 Å². The average molecular weight is 153 g/mol. The van der Waals surface area contributed by atoms with Crippen LogP contribution in [0.25, 0.3) is 0 Å². The van der Waals surface area contributed by atoms with Crippen LogP contribution in [0.15, 0.2) is 11.3 Å². The summed E-state index contributed by atoms with van der Waals surface area (Å²) in [5.74, 6) is 0.199. The monoisotopic (exact) mass is 153 g/mol. The molecule has 11 heavy (non-hydrogen) atoms. The number of carbonyl (C=O) groups excluding carboxylic acids is 1. The molecule has 0 aliphatic carbocycles. The van der Waals surface area contributed by atoms with Crippen LogP contribution in [0.2, 0.25) is 0 Å². The van der Waals surface area contributed by atoms with Crippen molar-refractivity contribution in [2.45, 2.75) is 26.7 Å². The predicted octanol–water partition coefficient (Wildman–Crippen LogP) is 1.57. The largest absolute Gasteiger partial charge is 0.372 e. The summed E-state index contributed by atoms with van der Waals surface area (Å²) in [7, 11) is 1.99. The number of Topliss-reactive ketones (excluding diaryl/α,β-unsaturated/α-hetero) is 1. The fraction of sp³-hybridized carbons (Fsp3) is 0.667. The Labute approximate surface area is 67.9 Å². The minimum absolute atomic E-state index is 0.199. The van der Waals surface area contributed by atoms with E-state index in [0.29, 0.717) is 0 Å². The molecule has 1 rings (SSSR count). The average Bonchev–Trinajstić information content (AvgIpc) is 1.85. The maximum atomic E-state index is 11.1. The van der Waals surface area contributed by atoms with E-state index < -0.39 is 0 Å². The molecule has 0 fully saturated rings. The van der Waals surface area contributed by atoms with E-state index in [0.717, 1.165) is 18.7 Å². The second kappa shape index (κ2) is 3.07. The Morgan fingerprint density at radius 1 is 1.55 bits per heavy atom. The van der Waals surface area contributed by atoms with Crippen molar-refractivity contribution in [1.82, 2.24) is 4.90 Å². The number of carbonyl (C=O) groups is 1. The number of hydrogen-bond acceptors (Lipinski definition) is 2. The van der Waals surface area contributed by atoms with Crippen LogP contribution in [0.3, 0.4) is 0 Å². The molecule has 2 nitrogen and oxygen atoms in total. The Balaban J connectivity index is 2.91. The number of nitrogens with zero attached hydrogens (tertiary/aromatic N) is 1. The van der Waals surface area contributed by atoms with Gasteiger partial charge in [-0.25, -0.2) is 0 Å². The highest BCUT2D eigenvalue weighted by molar-refractivity contribution is 5.93. The Morgan fingerprint density at radius 2 is 2.18 bits per heavy atom. The van der Waals surface area contributed by atoms with Gasteiger partial charge in [-0.1, -0.05) is 0 Å². The first kappa shape index (κ1) is 8.31. The molecule has 0 radical (unpaired) electrons. The first-order valence-corrected chi connectivity index (χ1v) is 4.04. The molecule has 0 atom stereocenters. The van der Waals surface area contributed by atoms with Crippen LogP contribution in [0.4, 0.5) is 0 Å². The fourth-order valence-electron chi connectivity index (χ4n) is 1.71. The van der Waals surface area contributed by atoms with Gasteiger partial charge in [-0.3, -0.25) is 4.79 Å². The Bertz CT molecular complexity index is 206. The summed E-state index contributed by atoms with van der Waals surface area (Å²) >= 11 is 0. The zero-order valence-corrected chi connectivity index (χ0v) is 7.48. The molecule has 1 heterocycles. The van der Waals surface area contributed by atoms with Gasteiger partial charge >= 0.3 is 0 Å². The normalized spacial score (nSPS) is 19.0. The minimum atomic E-state index is 0.199. The Kier molecular flexibility index (Phi) is 2.32. The number of ketones is 1. The third-order valence-corrected chi connectivity index (χ3v) is 2.16. The van der Waals surface area contributed by atoms with Gasteiger partial charge in [-0.2, -0.15) is 0 Å². The van der Waals surface area contributed by atoms with Crippen LogP contribution in [0.1, 0.15) is 26.7 Å². The topological polar surface area (TPSA) is 20.3 Å². The molecule has 0 aromatic heterocycles. The summed E-state index contributed by atoms with van der Waals surface area (Å²) in [5.41, 5.74) is 2.17. The molecular formula is C9H15NO. The summed E-state index contributed by atoms with van der Waals surface area (Å²) in [6, 6.07) is 0. The van der Waals surface area contributed by atoms with Crippen molar-refractivity contribution < 1.29 is 4.79 Å². The number of allylic oxidation sites excluding steroid dienone is 2. The lowest BCUT2D eigenvalue weighted by molar-refractivity contribution is -0.115. The first-order valence-electron chi connectivity index (χ1n) is 4.04. The van der Waals surface area contributed by atoms with E-state index in [1.165, 1.54) is 12.0 Å². The van der Waals surface area contributed by atoms with Crippen molar-refractivity contribution in [3.8, 4) is 0 Å². The second-order valence-corrected chi connectivity index (χ2v) is 3.21. The molecule has 0 aromatic rings. The van der Waals surface area contributed by atoms with Crippen LogP contribution in [-0.2, 0) is 4.79 Å². The quantitative estimate of drug-likeness (QED) is 0.570. The lowest BCUT2D eigenvalue weighted by Crippen LogP contribution is -2.28. The summed E-state index contributed by atoms with van der Waals surface area (Å²) in [5, 5.41) is 0. The SMILES string of the molecule is CC(=O)C1=C(C)CCCN1C. The van der Waals surface area contributed by atoms with Gasteiger partial charge in [-0.15, -0.1) is 0 Å². The molecule has 0 saturated carbocycles. The van der Waals surface area contributed by atoms with Gasteiger partial charge in [0.15, 0.2) is 5.78 Å². The highest BCUT2D eigenvalue weighted by Gasteiger charge is 2.16. The molecule has 0 spiro atoms. The summed E-state index contributed by atoms with van der Waals surface area (Å²) in [4.78, 5) is 13.2. The van der Waals surface area contributed by atoms with Gasteiger partial charge in [0, 0.05) is 20.5 Å². The molecule has 1 aliphatic rings. The summed E-state index contributed by atoms with van der Waals surface area (Å²) in [6.07, 6.45) is 2.26. The third-order valence-electron chi connectivity index (χ3n) is 2.16. The third kappa shape index (κ3) is 1.62. The molecule has 0 N–H and O–H groups in total. The molecule has 62 valence electrons. The van der Waals surface area contributed by atoms with Crippen LogP contribution in [-0.4, -0.2) is 24.3 Å². The highest BCUT2D eigenvalue weighted by Crippen LogP contribution is 2.20. The van der Waals surface area contributed by atoms with Crippen molar-refractivity contribution in [2.24, 2.45) is 0 Å². The van der Waals surface area contributed by atoms with E-state index in [9.17, 15) is 4.79 Å². The zero-order valence-electron chi connectivity index (χ0n) is 7.48. The Hall–Kier alpha value is -0.790. The van der Waals surface area contributed by atoms with E-state index in [1.807, 2.05) is 14.0 Å². The Morgan fingerprint density at radius 3 is 2.55 bits per heavy atom. The van der Waals surface area contributed by atoms with E-state index in [4.69, 9.17) is 0 Å². The predicted molar refractivity (Wildman–Crippen MR) is 45.2 cm³/mol. The summed E-state index contributed by atoms with van der Waals surface area (Å²) in [6.45, 7) is 4.71. The van der Waals surface area contributed by atoms with Crippen molar-refractivity contribution in [3.63, 3.8) is 0 Å². The van der Waals surface area contributed by atoms with Crippen LogP contribution >= 0.6 is 0 Å². The van der Waals surface area contributed by atoms with Crippen LogP contribution < -0.4 is 0 Å². The molecule has 0 unspecified atom stereocenters. The molecule has 0 aromatic carbocycles. The van der Waals surface area contributed by atoms with Gasteiger partial charge in [0.2, 0.25) is 0 Å². The molecular weight excluding hydrogens is 138 g/mol. The minimum Gasteiger partial charge on any atom is -0.372 e. The lowest BCUT2D eigenvalue weighted by atomic mass is 10.0.